The van der Waals surface area contributed by atoms with Crippen molar-refractivity contribution in [2.45, 2.75) is 31.1 Å². The molecule has 0 amide bonds. The van der Waals surface area contributed by atoms with Gasteiger partial charge < -0.3 is 0 Å². The summed E-state index contributed by atoms with van der Waals surface area (Å²) >= 11 is 6.54. The summed E-state index contributed by atoms with van der Waals surface area (Å²) in [6.07, 6.45) is 4.66. The average Bonchev–Trinajstić information content (AvgIpc) is 2.87. The van der Waals surface area contributed by atoms with Crippen LogP contribution >= 0.6 is 11.6 Å². The quantitative estimate of drug-likeness (QED) is 0.699. The fourth-order valence-corrected chi connectivity index (χ4v) is 3.04. The molecule has 1 unspecified atom stereocenters. The minimum atomic E-state index is 0.0818. The van der Waals surface area contributed by atoms with Crippen molar-refractivity contribution in [3.05, 3.63) is 70.8 Å². The Kier molecular flexibility index (Phi) is 3.38. The highest BCUT2D eigenvalue weighted by Gasteiger charge is 2.14. The van der Waals surface area contributed by atoms with Gasteiger partial charge in [-0.15, -0.1) is 11.6 Å². The first-order valence-corrected chi connectivity index (χ1v) is 7.06. The SMILES string of the molecule is ClC(Cc1ccccc1)c1ccc2c(c1)CCC2. The van der Waals surface area contributed by atoms with E-state index in [0.29, 0.717) is 0 Å². The van der Waals surface area contributed by atoms with Gasteiger partial charge in [0.25, 0.3) is 0 Å². The van der Waals surface area contributed by atoms with Crippen LogP contribution in [0, 0.1) is 0 Å². The van der Waals surface area contributed by atoms with E-state index >= 15 is 0 Å². The van der Waals surface area contributed by atoms with E-state index in [0.717, 1.165) is 6.42 Å². The molecule has 1 atom stereocenters. The fraction of sp³-hybridized carbons (Fsp3) is 0.294. The number of alkyl halides is 1. The second-order valence-electron chi connectivity index (χ2n) is 5.04. The van der Waals surface area contributed by atoms with Gasteiger partial charge in [-0.2, -0.15) is 0 Å². The van der Waals surface area contributed by atoms with Crippen molar-refractivity contribution in [1.29, 1.82) is 0 Å². The number of halogens is 1. The summed E-state index contributed by atoms with van der Waals surface area (Å²) in [5.41, 5.74) is 5.59. The summed E-state index contributed by atoms with van der Waals surface area (Å²) in [5.74, 6) is 0. The van der Waals surface area contributed by atoms with Crippen LogP contribution in [-0.2, 0) is 19.3 Å². The Morgan fingerprint density at radius 3 is 2.56 bits per heavy atom. The lowest BCUT2D eigenvalue weighted by molar-refractivity contribution is 0.905. The van der Waals surface area contributed by atoms with Crippen molar-refractivity contribution in [2.75, 3.05) is 0 Å². The molecular weight excluding hydrogens is 240 g/mol. The van der Waals surface area contributed by atoms with Crippen molar-refractivity contribution in [3.63, 3.8) is 0 Å². The van der Waals surface area contributed by atoms with E-state index in [1.165, 1.54) is 41.5 Å². The second-order valence-corrected chi connectivity index (χ2v) is 5.57. The normalized spacial score (nSPS) is 15.4. The largest absolute Gasteiger partial charge is 0.117 e. The van der Waals surface area contributed by atoms with Crippen LogP contribution < -0.4 is 0 Å². The molecule has 0 saturated carbocycles. The maximum atomic E-state index is 6.54. The number of hydrogen-bond donors (Lipinski definition) is 0. The van der Waals surface area contributed by atoms with Gasteiger partial charge in [-0.1, -0.05) is 48.5 Å². The molecule has 0 N–H and O–H groups in total. The fourth-order valence-electron chi connectivity index (χ4n) is 2.73. The van der Waals surface area contributed by atoms with Crippen molar-refractivity contribution in [3.8, 4) is 0 Å². The molecule has 0 saturated heterocycles. The van der Waals surface area contributed by atoms with Gasteiger partial charge in [-0.05, 0) is 47.9 Å². The summed E-state index contributed by atoms with van der Waals surface area (Å²) in [6.45, 7) is 0. The molecule has 2 aromatic rings. The van der Waals surface area contributed by atoms with Crippen LogP contribution in [0.2, 0.25) is 0 Å². The van der Waals surface area contributed by atoms with E-state index < -0.39 is 0 Å². The molecule has 1 aliphatic carbocycles. The minimum Gasteiger partial charge on any atom is -0.117 e. The smallest absolute Gasteiger partial charge is 0.0625 e. The predicted molar refractivity (Wildman–Crippen MR) is 77.2 cm³/mol. The Morgan fingerprint density at radius 2 is 1.72 bits per heavy atom. The van der Waals surface area contributed by atoms with Gasteiger partial charge >= 0.3 is 0 Å². The van der Waals surface area contributed by atoms with E-state index in [1.54, 1.807) is 0 Å². The summed E-state index contributed by atoms with van der Waals surface area (Å²) in [6, 6.07) is 17.2. The number of hydrogen-bond acceptors (Lipinski definition) is 0. The van der Waals surface area contributed by atoms with Crippen LogP contribution in [0.3, 0.4) is 0 Å². The molecule has 0 fully saturated rings. The Bertz CT molecular complexity index is 531. The zero-order chi connectivity index (χ0) is 12.4. The summed E-state index contributed by atoms with van der Waals surface area (Å²) in [5, 5.41) is 0.0818. The second kappa shape index (κ2) is 5.16. The number of rotatable bonds is 3. The van der Waals surface area contributed by atoms with Gasteiger partial charge in [0.15, 0.2) is 0 Å². The van der Waals surface area contributed by atoms with Crippen molar-refractivity contribution in [2.24, 2.45) is 0 Å². The molecule has 0 nitrogen and oxygen atoms in total. The van der Waals surface area contributed by atoms with Crippen LogP contribution in [0.4, 0.5) is 0 Å². The monoisotopic (exact) mass is 256 g/mol. The third kappa shape index (κ3) is 2.44. The Labute approximate surface area is 114 Å². The molecule has 1 heteroatoms. The third-order valence-corrected chi connectivity index (χ3v) is 4.15. The van der Waals surface area contributed by atoms with Crippen LogP contribution in [0.25, 0.3) is 0 Å². The van der Waals surface area contributed by atoms with Crippen LogP contribution in [-0.4, -0.2) is 0 Å². The van der Waals surface area contributed by atoms with Gasteiger partial charge in [0.2, 0.25) is 0 Å². The molecule has 1 aliphatic rings. The maximum Gasteiger partial charge on any atom is 0.0625 e. The first-order valence-electron chi connectivity index (χ1n) is 6.62. The van der Waals surface area contributed by atoms with Crippen LogP contribution in [0.1, 0.15) is 34.1 Å². The molecule has 3 rings (SSSR count). The number of aryl methyl sites for hydroxylation is 2. The standard InChI is InChI=1S/C17H17Cl/c18-17(11-13-5-2-1-3-6-13)16-10-9-14-7-4-8-15(14)12-16/h1-3,5-6,9-10,12,17H,4,7-8,11H2. The topological polar surface area (TPSA) is 0 Å². The molecule has 0 bridgehead atoms. The Morgan fingerprint density at radius 1 is 0.944 bits per heavy atom. The zero-order valence-corrected chi connectivity index (χ0v) is 11.2. The summed E-state index contributed by atoms with van der Waals surface area (Å²) in [7, 11) is 0. The first kappa shape index (κ1) is 11.8. The van der Waals surface area contributed by atoms with Crippen molar-refractivity contribution < 1.29 is 0 Å². The van der Waals surface area contributed by atoms with Crippen LogP contribution in [0.15, 0.2) is 48.5 Å². The van der Waals surface area contributed by atoms with Gasteiger partial charge in [0, 0.05) is 0 Å². The molecule has 0 aromatic heterocycles. The van der Waals surface area contributed by atoms with Gasteiger partial charge in [0.1, 0.15) is 0 Å². The van der Waals surface area contributed by atoms with E-state index in [4.69, 9.17) is 11.6 Å². The predicted octanol–water partition coefficient (Wildman–Crippen LogP) is 4.70. The molecule has 0 radical (unpaired) electrons. The first-order chi connectivity index (χ1) is 8.83. The Hall–Kier alpha value is -1.27. The van der Waals surface area contributed by atoms with Crippen molar-refractivity contribution in [1.82, 2.24) is 0 Å². The molecule has 0 aliphatic heterocycles. The van der Waals surface area contributed by atoms with E-state index in [2.05, 4.69) is 42.5 Å². The van der Waals surface area contributed by atoms with Gasteiger partial charge in [-0.3, -0.25) is 0 Å². The maximum absolute atomic E-state index is 6.54. The highest BCUT2D eigenvalue weighted by molar-refractivity contribution is 6.20. The molecule has 18 heavy (non-hydrogen) atoms. The van der Waals surface area contributed by atoms with E-state index in [1.807, 2.05) is 6.07 Å². The highest BCUT2D eigenvalue weighted by atomic mass is 35.5. The van der Waals surface area contributed by atoms with E-state index in [9.17, 15) is 0 Å². The Balaban J connectivity index is 1.78. The van der Waals surface area contributed by atoms with Gasteiger partial charge in [0.05, 0.1) is 5.38 Å². The summed E-state index contributed by atoms with van der Waals surface area (Å²) < 4.78 is 0. The molecule has 0 spiro atoms. The minimum absolute atomic E-state index is 0.0818. The average molecular weight is 257 g/mol. The lowest BCUT2D eigenvalue weighted by Gasteiger charge is -2.11. The van der Waals surface area contributed by atoms with Crippen molar-refractivity contribution >= 4 is 11.6 Å². The van der Waals surface area contributed by atoms with Crippen LogP contribution in [0.5, 0.6) is 0 Å². The highest BCUT2D eigenvalue weighted by Crippen LogP contribution is 2.30. The lowest BCUT2D eigenvalue weighted by Crippen LogP contribution is -1.97. The number of benzene rings is 2. The third-order valence-electron chi connectivity index (χ3n) is 3.74. The number of fused-ring (bicyclic) bond motifs is 1. The molecular formula is C17H17Cl. The molecule has 92 valence electrons. The van der Waals surface area contributed by atoms with E-state index in [-0.39, 0.29) is 5.38 Å². The van der Waals surface area contributed by atoms with Gasteiger partial charge in [-0.25, -0.2) is 0 Å². The zero-order valence-electron chi connectivity index (χ0n) is 10.4. The molecule has 0 heterocycles. The summed E-state index contributed by atoms with van der Waals surface area (Å²) in [4.78, 5) is 0. The molecule has 2 aromatic carbocycles. The lowest BCUT2D eigenvalue weighted by atomic mass is 10.00.